The molecule has 1 rings (SSSR count). The maximum Gasteiger partial charge on any atom is 0.416 e. The molecule has 0 amide bonds. The van der Waals surface area contributed by atoms with Crippen LogP contribution in [0.3, 0.4) is 0 Å². The normalized spacial score (nSPS) is 14.1. The Morgan fingerprint density at radius 3 is 2.23 bits per heavy atom. The monoisotopic (exact) mass is 359 g/mol. The number of carboxylic acids is 1. The summed E-state index contributed by atoms with van der Waals surface area (Å²) in [6, 6.07) is 0.294. The minimum Gasteiger partial charge on any atom is -0.480 e. The number of rotatable bonds is 5. The first-order valence-corrected chi connectivity index (χ1v) is 7.84. The van der Waals surface area contributed by atoms with Crippen LogP contribution >= 0.6 is 11.6 Å². The molecule has 0 bridgehead atoms. The second kappa shape index (κ2) is 6.43. The molecule has 1 aromatic rings. The summed E-state index contributed by atoms with van der Waals surface area (Å²) in [4.78, 5) is 10.4. The van der Waals surface area contributed by atoms with Crippen LogP contribution in [0.5, 0.6) is 0 Å². The summed E-state index contributed by atoms with van der Waals surface area (Å²) in [5, 5.41) is 8.32. The van der Waals surface area contributed by atoms with Gasteiger partial charge in [0.2, 0.25) is 10.0 Å². The predicted molar refractivity (Wildman–Crippen MR) is 73.0 cm³/mol. The number of nitrogens with one attached hydrogen (secondary N) is 1. The predicted octanol–water partition coefficient (Wildman–Crippen LogP) is 2.75. The Hall–Kier alpha value is -1.32. The van der Waals surface area contributed by atoms with Gasteiger partial charge in [0.15, 0.2) is 0 Å². The molecule has 124 valence electrons. The van der Waals surface area contributed by atoms with Crippen molar-refractivity contribution in [3.05, 3.63) is 28.8 Å². The number of alkyl halides is 3. The summed E-state index contributed by atoms with van der Waals surface area (Å²) in [6.07, 6.45) is -4.67. The molecule has 0 aliphatic rings. The maximum atomic E-state index is 12.5. The van der Waals surface area contributed by atoms with Gasteiger partial charge in [0, 0.05) is 0 Å². The van der Waals surface area contributed by atoms with E-state index in [0.29, 0.717) is 18.2 Å². The van der Waals surface area contributed by atoms with Gasteiger partial charge in [-0.25, -0.2) is 8.42 Å². The van der Waals surface area contributed by atoms with E-state index >= 15 is 0 Å². The van der Waals surface area contributed by atoms with E-state index in [2.05, 4.69) is 0 Å². The lowest BCUT2D eigenvalue weighted by Gasteiger charge is -2.18. The third-order valence-corrected chi connectivity index (χ3v) is 4.69. The highest BCUT2D eigenvalue weighted by Crippen LogP contribution is 2.33. The lowest BCUT2D eigenvalue weighted by atomic mass is 10.1. The van der Waals surface area contributed by atoms with Gasteiger partial charge >= 0.3 is 12.1 Å². The molecule has 0 saturated carbocycles. The van der Waals surface area contributed by atoms with Crippen LogP contribution in [0.4, 0.5) is 13.2 Å². The van der Waals surface area contributed by atoms with Gasteiger partial charge in [-0.2, -0.15) is 17.9 Å². The van der Waals surface area contributed by atoms with Gasteiger partial charge in [-0.1, -0.05) is 25.4 Å². The second-order valence-corrected chi connectivity index (χ2v) is 6.91. The molecule has 0 heterocycles. The zero-order valence-electron chi connectivity index (χ0n) is 11.5. The molecule has 0 aliphatic heterocycles. The van der Waals surface area contributed by atoms with E-state index in [1.807, 2.05) is 4.72 Å². The molecule has 0 saturated heterocycles. The van der Waals surface area contributed by atoms with Crippen molar-refractivity contribution in [1.82, 2.24) is 4.72 Å². The maximum absolute atomic E-state index is 12.5. The van der Waals surface area contributed by atoms with Crippen LogP contribution in [-0.4, -0.2) is 25.5 Å². The number of carbonyl (C=O) groups is 1. The molecule has 1 atom stereocenters. The number of hydrogen-bond donors (Lipinski definition) is 2. The molecule has 0 unspecified atom stereocenters. The lowest BCUT2D eigenvalue weighted by molar-refractivity contribution is -0.140. The number of halogens is 4. The van der Waals surface area contributed by atoms with Crippen LogP contribution < -0.4 is 4.72 Å². The minimum absolute atomic E-state index is 0.473. The Morgan fingerprint density at radius 1 is 1.32 bits per heavy atom. The molecule has 22 heavy (non-hydrogen) atoms. The van der Waals surface area contributed by atoms with E-state index in [0.717, 1.165) is 0 Å². The first-order chi connectivity index (χ1) is 9.86. The summed E-state index contributed by atoms with van der Waals surface area (Å²) in [7, 11) is -4.37. The van der Waals surface area contributed by atoms with Gasteiger partial charge in [0.25, 0.3) is 0 Å². The van der Waals surface area contributed by atoms with Gasteiger partial charge < -0.3 is 5.11 Å². The average molecular weight is 360 g/mol. The summed E-state index contributed by atoms with van der Waals surface area (Å²) in [5.41, 5.74) is -1.10. The molecular weight excluding hydrogens is 347 g/mol. The number of hydrogen-bond acceptors (Lipinski definition) is 3. The zero-order valence-corrected chi connectivity index (χ0v) is 13.1. The molecule has 5 nitrogen and oxygen atoms in total. The van der Waals surface area contributed by atoms with Crippen molar-refractivity contribution in [2.45, 2.75) is 31.0 Å². The van der Waals surface area contributed by atoms with Gasteiger partial charge in [-0.15, -0.1) is 0 Å². The summed E-state index contributed by atoms with van der Waals surface area (Å²) < 4.78 is 63.7. The third kappa shape index (κ3) is 4.34. The van der Waals surface area contributed by atoms with Crippen molar-refractivity contribution in [1.29, 1.82) is 0 Å². The van der Waals surface area contributed by atoms with Crippen molar-refractivity contribution in [2.75, 3.05) is 0 Å². The van der Waals surface area contributed by atoms with E-state index in [1.165, 1.54) is 13.8 Å². The third-order valence-electron chi connectivity index (χ3n) is 2.76. The number of aliphatic carboxylic acids is 1. The van der Waals surface area contributed by atoms with Gasteiger partial charge in [0.05, 0.1) is 10.6 Å². The van der Waals surface area contributed by atoms with E-state index in [-0.39, 0.29) is 0 Å². The van der Waals surface area contributed by atoms with Crippen molar-refractivity contribution in [2.24, 2.45) is 5.92 Å². The molecule has 0 aliphatic carbocycles. The second-order valence-electron chi connectivity index (χ2n) is 4.82. The fourth-order valence-corrected chi connectivity index (χ4v) is 3.48. The average Bonchev–Trinajstić information content (AvgIpc) is 2.33. The van der Waals surface area contributed by atoms with Gasteiger partial charge in [0.1, 0.15) is 10.9 Å². The molecule has 10 heteroatoms. The minimum atomic E-state index is -4.67. The van der Waals surface area contributed by atoms with Gasteiger partial charge in [-0.05, 0) is 24.1 Å². The fourth-order valence-electron chi connectivity index (χ4n) is 1.60. The molecule has 0 fully saturated rings. The smallest absolute Gasteiger partial charge is 0.416 e. The number of benzene rings is 1. The Kier molecular flexibility index (Phi) is 5.47. The number of carboxylic acid groups (broad SMARTS) is 1. The van der Waals surface area contributed by atoms with E-state index < -0.39 is 49.6 Å². The molecule has 0 aromatic heterocycles. The molecule has 0 spiro atoms. The fraction of sp³-hybridized carbons (Fsp3) is 0.417. The van der Waals surface area contributed by atoms with Crippen molar-refractivity contribution in [3.8, 4) is 0 Å². The van der Waals surface area contributed by atoms with Crippen LogP contribution in [0.1, 0.15) is 19.4 Å². The lowest BCUT2D eigenvalue weighted by Crippen LogP contribution is -2.44. The highest BCUT2D eigenvalue weighted by Gasteiger charge is 2.33. The Morgan fingerprint density at radius 2 is 1.86 bits per heavy atom. The molecule has 0 radical (unpaired) electrons. The van der Waals surface area contributed by atoms with E-state index in [1.54, 1.807) is 0 Å². The summed E-state index contributed by atoms with van der Waals surface area (Å²) >= 11 is 5.60. The highest BCUT2D eigenvalue weighted by atomic mass is 35.5. The largest absolute Gasteiger partial charge is 0.480 e. The van der Waals surface area contributed by atoms with Crippen LogP contribution in [-0.2, 0) is 21.0 Å². The van der Waals surface area contributed by atoms with Crippen LogP contribution in [0, 0.1) is 5.92 Å². The summed E-state index contributed by atoms with van der Waals surface area (Å²) in [5.74, 6) is -1.97. The van der Waals surface area contributed by atoms with E-state index in [4.69, 9.17) is 16.7 Å². The Bertz CT molecular complexity index is 673. The van der Waals surface area contributed by atoms with Crippen molar-refractivity contribution in [3.63, 3.8) is 0 Å². The molecule has 2 N–H and O–H groups in total. The Labute approximate surface area is 130 Å². The molecule has 1 aromatic carbocycles. The van der Waals surface area contributed by atoms with Crippen LogP contribution in [0.2, 0.25) is 5.02 Å². The van der Waals surface area contributed by atoms with Crippen LogP contribution in [0.15, 0.2) is 23.1 Å². The molecular formula is C12H13ClF3NO4S. The van der Waals surface area contributed by atoms with Crippen molar-refractivity contribution < 1.29 is 31.5 Å². The van der Waals surface area contributed by atoms with Crippen LogP contribution in [0.25, 0.3) is 0 Å². The topological polar surface area (TPSA) is 83.5 Å². The summed E-state index contributed by atoms with van der Waals surface area (Å²) in [6.45, 7) is 2.96. The first kappa shape index (κ1) is 18.7. The first-order valence-electron chi connectivity index (χ1n) is 5.98. The van der Waals surface area contributed by atoms with E-state index in [9.17, 15) is 26.4 Å². The quantitative estimate of drug-likeness (QED) is 0.846. The van der Waals surface area contributed by atoms with Crippen molar-refractivity contribution >= 4 is 27.6 Å². The Balaban J connectivity index is 3.21. The standard InChI is InChI=1S/C12H13ClF3NO4S/c1-6(2)10(11(18)19)17-22(20,21)9-4-3-7(5-8(9)13)12(14,15)16/h3-6,10,17H,1-2H3,(H,18,19)/t10-/m0/s1. The SMILES string of the molecule is CC(C)[C@H](NS(=O)(=O)c1ccc(C(F)(F)F)cc1Cl)C(=O)O. The van der Waals surface area contributed by atoms with Gasteiger partial charge in [-0.3, -0.25) is 4.79 Å². The number of sulfonamides is 1. The highest BCUT2D eigenvalue weighted by molar-refractivity contribution is 7.89. The zero-order chi connectivity index (χ0) is 17.3.